The molecule has 0 spiro atoms. The summed E-state index contributed by atoms with van der Waals surface area (Å²) in [5.74, 6) is -0.972. The number of carbonyl (C=O) groups excluding carboxylic acids is 3. The molecule has 0 N–H and O–H groups in total. The molecule has 0 rings (SSSR count). The average molecular weight is 984 g/mol. The summed E-state index contributed by atoms with van der Waals surface area (Å²) in [4.78, 5) is 38.2. The van der Waals surface area contributed by atoms with E-state index >= 15 is 0 Å². The van der Waals surface area contributed by atoms with Gasteiger partial charge < -0.3 is 14.2 Å². The van der Waals surface area contributed by atoms with E-state index < -0.39 is 6.10 Å². The minimum Gasteiger partial charge on any atom is -0.462 e. The molecule has 402 valence electrons. The average Bonchev–Trinajstić information content (AvgIpc) is 3.37. The number of carbonyl (C=O) groups is 3. The summed E-state index contributed by atoms with van der Waals surface area (Å²) in [6, 6.07) is 0. The van der Waals surface area contributed by atoms with Crippen LogP contribution in [0, 0.1) is 0 Å². The van der Waals surface area contributed by atoms with Crippen molar-refractivity contribution >= 4 is 17.9 Å². The van der Waals surface area contributed by atoms with Gasteiger partial charge in [0.1, 0.15) is 13.2 Å². The molecule has 0 bridgehead atoms. The van der Waals surface area contributed by atoms with Gasteiger partial charge in [0.25, 0.3) is 0 Å². The third-order valence-corrected chi connectivity index (χ3v) is 11.9. The Morgan fingerprint density at radius 3 is 0.887 bits per heavy atom. The van der Waals surface area contributed by atoms with Gasteiger partial charge in [-0.15, -0.1) is 0 Å². The number of allylic oxidation sites excluding steroid dienone is 20. The zero-order chi connectivity index (χ0) is 51.4. The third-order valence-electron chi connectivity index (χ3n) is 11.9. The predicted octanol–water partition coefficient (Wildman–Crippen LogP) is 19.6. The molecule has 0 aliphatic heterocycles. The maximum absolute atomic E-state index is 12.9. The Labute approximate surface area is 437 Å². The van der Waals surface area contributed by atoms with Crippen LogP contribution < -0.4 is 0 Å². The van der Waals surface area contributed by atoms with Crippen molar-refractivity contribution in [1.82, 2.24) is 0 Å². The van der Waals surface area contributed by atoms with E-state index in [2.05, 4.69) is 142 Å². The van der Waals surface area contributed by atoms with Gasteiger partial charge in [0.15, 0.2) is 6.10 Å². The van der Waals surface area contributed by atoms with Crippen molar-refractivity contribution < 1.29 is 28.6 Å². The van der Waals surface area contributed by atoms with Crippen molar-refractivity contribution in [3.05, 3.63) is 122 Å². The lowest BCUT2D eigenvalue weighted by molar-refractivity contribution is -0.167. The Hall–Kier alpha value is -4.19. The molecule has 0 radical (unpaired) electrons. The summed E-state index contributed by atoms with van der Waals surface area (Å²) in [6.07, 6.45) is 80.4. The Bertz CT molecular complexity index is 1500. The highest BCUT2D eigenvalue weighted by Gasteiger charge is 2.19. The van der Waals surface area contributed by atoms with Crippen LogP contribution in [0.4, 0.5) is 0 Å². The van der Waals surface area contributed by atoms with Gasteiger partial charge in [-0.1, -0.05) is 219 Å². The molecule has 0 aromatic heterocycles. The maximum atomic E-state index is 12.9. The number of hydrogen-bond donors (Lipinski definition) is 0. The van der Waals surface area contributed by atoms with Gasteiger partial charge in [0.2, 0.25) is 0 Å². The minimum atomic E-state index is -0.810. The number of hydrogen-bond acceptors (Lipinski definition) is 6. The number of esters is 3. The molecule has 0 fully saturated rings. The first kappa shape index (κ1) is 66.8. The van der Waals surface area contributed by atoms with Crippen molar-refractivity contribution in [2.24, 2.45) is 0 Å². The van der Waals surface area contributed by atoms with Crippen molar-refractivity contribution in [2.45, 2.75) is 258 Å². The smallest absolute Gasteiger partial charge is 0.306 e. The monoisotopic (exact) mass is 983 g/mol. The summed E-state index contributed by atoms with van der Waals surface area (Å²) < 4.78 is 16.8. The van der Waals surface area contributed by atoms with E-state index in [1.807, 2.05) is 0 Å². The molecule has 1 unspecified atom stereocenters. The number of ether oxygens (including phenoxy) is 3. The Morgan fingerprint density at radius 1 is 0.296 bits per heavy atom. The molecule has 0 saturated heterocycles. The summed E-state index contributed by atoms with van der Waals surface area (Å²) >= 11 is 0. The fraction of sp³-hybridized carbons (Fsp3) is 0.646. The molecular weight excluding hydrogens is 877 g/mol. The molecule has 0 amide bonds. The van der Waals surface area contributed by atoms with Gasteiger partial charge in [-0.25, -0.2) is 0 Å². The van der Waals surface area contributed by atoms with Crippen LogP contribution in [0.15, 0.2) is 122 Å². The molecule has 0 heterocycles. The van der Waals surface area contributed by atoms with Crippen LogP contribution in [-0.2, 0) is 28.6 Å². The highest BCUT2D eigenvalue weighted by Crippen LogP contribution is 2.13. The lowest BCUT2D eigenvalue weighted by Gasteiger charge is -2.18. The summed E-state index contributed by atoms with van der Waals surface area (Å²) in [7, 11) is 0. The second-order valence-electron chi connectivity index (χ2n) is 18.8. The first-order chi connectivity index (χ1) is 35.0. The van der Waals surface area contributed by atoms with Crippen molar-refractivity contribution in [3.8, 4) is 0 Å². The van der Waals surface area contributed by atoms with Crippen molar-refractivity contribution in [1.29, 1.82) is 0 Å². The van der Waals surface area contributed by atoms with Gasteiger partial charge >= 0.3 is 17.9 Å². The molecule has 0 aromatic carbocycles. The van der Waals surface area contributed by atoms with Crippen LogP contribution in [0.3, 0.4) is 0 Å². The normalized spacial score (nSPS) is 13.0. The quantitative estimate of drug-likeness (QED) is 0.0261. The van der Waals surface area contributed by atoms with Crippen molar-refractivity contribution in [2.75, 3.05) is 13.2 Å². The van der Waals surface area contributed by atoms with Crippen LogP contribution in [0.25, 0.3) is 0 Å². The molecule has 0 saturated carbocycles. The lowest BCUT2D eigenvalue weighted by Crippen LogP contribution is -2.30. The Morgan fingerprint density at radius 2 is 0.549 bits per heavy atom. The molecule has 0 aliphatic carbocycles. The summed E-state index contributed by atoms with van der Waals surface area (Å²) in [6.45, 7) is 6.42. The second-order valence-corrected chi connectivity index (χ2v) is 18.8. The highest BCUT2D eigenvalue weighted by molar-refractivity contribution is 5.71. The van der Waals surface area contributed by atoms with E-state index in [0.717, 1.165) is 128 Å². The largest absolute Gasteiger partial charge is 0.462 e. The van der Waals surface area contributed by atoms with Crippen LogP contribution in [-0.4, -0.2) is 37.2 Å². The first-order valence-corrected chi connectivity index (χ1v) is 29.0. The van der Waals surface area contributed by atoms with E-state index in [4.69, 9.17) is 14.2 Å². The molecule has 71 heavy (non-hydrogen) atoms. The molecule has 6 nitrogen and oxygen atoms in total. The van der Waals surface area contributed by atoms with Gasteiger partial charge in [-0.2, -0.15) is 0 Å². The standard InChI is InChI=1S/C65H106O6/c1-4-7-10-13-16-19-22-25-28-30-31-32-33-35-37-40-43-46-49-52-55-58-64(67)70-61-62(60-69-63(66)57-54-51-48-45-42-39-36-27-24-21-18-15-12-9-6-3)71-65(68)59-56-53-50-47-44-41-38-34-29-26-23-20-17-14-11-8-5-2/h7,10,16-21,25-29,31-32,35-37,43,46,62H,4-6,8-9,11-15,22-24,30,33-34,38-42,44-45,47-61H2,1-3H3/b10-7-,19-16-,20-17-,21-18-,28-25-,29-26-,32-31-,36-27-,37-35-,46-43-. The molecule has 6 heteroatoms. The summed E-state index contributed by atoms with van der Waals surface area (Å²) in [5.41, 5.74) is 0. The Kier molecular flexibility index (Phi) is 54.9. The van der Waals surface area contributed by atoms with Gasteiger partial charge in [0, 0.05) is 19.3 Å². The topological polar surface area (TPSA) is 78.9 Å². The minimum absolute atomic E-state index is 0.105. The van der Waals surface area contributed by atoms with E-state index in [9.17, 15) is 14.4 Å². The maximum Gasteiger partial charge on any atom is 0.306 e. The van der Waals surface area contributed by atoms with Gasteiger partial charge in [-0.05, 0) is 135 Å². The first-order valence-electron chi connectivity index (χ1n) is 29.0. The SMILES string of the molecule is CC/C=C\C/C=C\C/C=C\C/C=C\C/C=C\C/C=C\CCCCC(=O)OCC(COC(=O)CCCCCCC/C=C\C/C=C\CCCCC)OC(=O)CCCCCCCCC/C=C\C/C=C\CCCCC. The van der Waals surface area contributed by atoms with Gasteiger partial charge in [-0.3, -0.25) is 14.4 Å². The number of rotatable bonds is 51. The van der Waals surface area contributed by atoms with Crippen LogP contribution >= 0.6 is 0 Å². The fourth-order valence-corrected chi connectivity index (χ4v) is 7.56. The van der Waals surface area contributed by atoms with E-state index in [1.165, 1.54) is 77.0 Å². The molecule has 0 aliphatic rings. The van der Waals surface area contributed by atoms with Crippen LogP contribution in [0.1, 0.15) is 252 Å². The van der Waals surface area contributed by atoms with Crippen LogP contribution in [0.5, 0.6) is 0 Å². The highest BCUT2D eigenvalue weighted by atomic mass is 16.6. The second kappa shape index (κ2) is 58.4. The van der Waals surface area contributed by atoms with Gasteiger partial charge in [0.05, 0.1) is 0 Å². The lowest BCUT2D eigenvalue weighted by atomic mass is 10.1. The van der Waals surface area contributed by atoms with E-state index in [1.54, 1.807) is 0 Å². The van der Waals surface area contributed by atoms with Crippen molar-refractivity contribution in [3.63, 3.8) is 0 Å². The molecule has 1 atom stereocenters. The number of unbranched alkanes of at least 4 members (excludes halogenated alkanes) is 20. The molecular formula is C65H106O6. The third kappa shape index (κ3) is 56.6. The van der Waals surface area contributed by atoms with Crippen LogP contribution in [0.2, 0.25) is 0 Å². The fourth-order valence-electron chi connectivity index (χ4n) is 7.56. The summed E-state index contributed by atoms with van der Waals surface area (Å²) in [5, 5.41) is 0. The predicted molar refractivity (Wildman–Crippen MR) is 306 cm³/mol. The zero-order valence-electron chi connectivity index (χ0n) is 45.9. The Balaban J connectivity index is 4.51. The van der Waals surface area contributed by atoms with E-state index in [0.29, 0.717) is 25.7 Å². The zero-order valence-corrected chi connectivity index (χ0v) is 45.9. The van der Waals surface area contributed by atoms with E-state index in [-0.39, 0.29) is 31.1 Å². The molecule has 0 aromatic rings.